The molecule has 1 heterocycles. The van der Waals surface area contributed by atoms with Crippen molar-refractivity contribution in [2.45, 2.75) is 58.5 Å². The second-order valence-electron chi connectivity index (χ2n) is 8.23. The third kappa shape index (κ3) is 8.20. The van der Waals surface area contributed by atoms with E-state index < -0.39 is 11.7 Å². The Bertz CT molecular complexity index is 797. The lowest BCUT2D eigenvalue weighted by atomic mass is 9.86. The van der Waals surface area contributed by atoms with Gasteiger partial charge >= 0.3 is 0 Å². The summed E-state index contributed by atoms with van der Waals surface area (Å²) in [4.78, 5) is 15.4. The zero-order valence-electron chi connectivity index (χ0n) is 18.7. The van der Waals surface area contributed by atoms with Crippen LogP contribution in [0.4, 0.5) is 26.2 Å². The minimum Gasteiger partial charge on any atom is -0.352 e. The standard InChI is InChI=1S/C23H34F2N6/c1-16(2)29-23-28-14-21(26-5)22(30-23)31(20-10-8-17(3)9-11-20)15-27-12-6-7-19(25)13-18(4)24/h6-7,13-14,16-17,20,27H,4-5,8-12,15H2,1-3H3,(H,28,29,30)/b7-6-,19-13+. The quantitative estimate of drug-likeness (QED) is 0.211. The first kappa shape index (κ1) is 24.7. The van der Waals surface area contributed by atoms with Gasteiger partial charge in [0.1, 0.15) is 17.3 Å². The summed E-state index contributed by atoms with van der Waals surface area (Å²) in [5, 5.41) is 6.54. The highest BCUT2D eigenvalue weighted by Crippen LogP contribution is 2.33. The predicted octanol–water partition coefficient (Wildman–Crippen LogP) is 5.45. The number of rotatable bonds is 11. The summed E-state index contributed by atoms with van der Waals surface area (Å²) < 4.78 is 26.1. The number of hydrogen-bond acceptors (Lipinski definition) is 6. The Labute approximate surface area is 184 Å². The van der Waals surface area contributed by atoms with Gasteiger partial charge in [-0.05, 0) is 58.2 Å². The maximum Gasteiger partial charge on any atom is 0.224 e. The third-order valence-electron chi connectivity index (χ3n) is 5.15. The van der Waals surface area contributed by atoms with Crippen molar-refractivity contribution < 1.29 is 8.78 Å². The second-order valence-corrected chi connectivity index (χ2v) is 8.23. The Morgan fingerprint density at radius 3 is 2.65 bits per heavy atom. The molecule has 0 atom stereocenters. The van der Waals surface area contributed by atoms with Crippen LogP contribution in [0.1, 0.15) is 46.5 Å². The maximum atomic E-state index is 13.5. The van der Waals surface area contributed by atoms with Crippen LogP contribution in [0.5, 0.6) is 0 Å². The van der Waals surface area contributed by atoms with Gasteiger partial charge in [-0.25, -0.2) is 13.8 Å². The van der Waals surface area contributed by atoms with Crippen molar-refractivity contribution in [2.24, 2.45) is 10.9 Å². The Balaban J connectivity index is 2.18. The van der Waals surface area contributed by atoms with Crippen molar-refractivity contribution in [3.63, 3.8) is 0 Å². The SMILES string of the molecule is C=Nc1cnc(NC(C)C)nc1N(CNC/C=C\C(F)=C/C(=C)F)C1CCC(C)CC1. The van der Waals surface area contributed by atoms with Crippen LogP contribution < -0.4 is 15.5 Å². The summed E-state index contributed by atoms with van der Waals surface area (Å²) in [6, 6.07) is 0.507. The van der Waals surface area contributed by atoms with Gasteiger partial charge in [-0.2, -0.15) is 4.98 Å². The lowest BCUT2D eigenvalue weighted by molar-refractivity contribution is 0.330. The summed E-state index contributed by atoms with van der Waals surface area (Å²) in [6.45, 7) is 14.0. The Morgan fingerprint density at radius 1 is 1.32 bits per heavy atom. The van der Waals surface area contributed by atoms with Crippen molar-refractivity contribution in [3.8, 4) is 0 Å². The Hall–Kier alpha value is -2.61. The molecule has 1 aromatic heterocycles. The molecule has 6 nitrogen and oxygen atoms in total. The van der Waals surface area contributed by atoms with E-state index in [9.17, 15) is 8.78 Å². The first-order valence-electron chi connectivity index (χ1n) is 10.8. The van der Waals surface area contributed by atoms with Crippen LogP contribution >= 0.6 is 0 Å². The van der Waals surface area contributed by atoms with E-state index in [-0.39, 0.29) is 6.04 Å². The molecule has 1 saturated carbocycles. The highest BCUT2D eigenvalue weighted by molar-refractivity contribution is 5.65. The van der Waals surface area contributed by atoms with E-state index in [4.69, 9.17) is 4.98 Å². The monoisotopic (exact) mass is 432 g/mol. The highest BCUT2D eigenvalue weighted by atomic mass is 19.1. The van der Waals surface area contributed by atoms with Gasteiger partial charge in [-0.3, -0.25) is 10.3 Å². The van der Waals surface area contributed by atoms with E-state index in [1.54, 1.807) is 12.3 Å². The van der Waals surface area contributed by atoms with Crippen LogP contribution in [-0.2, 0) is 0 Å². The molecule has 1 fully saturated rings. The van der Waals surface area contributed by atoms with Crippen LogP contribution in [0.2, 0.25) is 0 Å². The second kappa shape index (κ2) is 12.3. The van der Waals surface area contributed by atoms with Crippen LogP contribution in [0.15, 0.2) is 47.6 Å². The van der Waals surface area contributed by atoms with Gasteiger partial charge < -0.3 is 10.2 Å². The van der Waals surface area contributed by atoms with Crippen LogP contribution in [0.3, 0.4) is 0 Å². The van der Waals surface area contributed by atoms with Crippen molar-refractivity contribution in [2.75, 3.05) is 23.4 Å². The first-order chi connectivity index (χ1) is 14.8. The number of nitrogens with one attached hydrogen (secondary N) is 2. The summed E-state index contributed by atoms with van der Waals surface area (Å²) in [5.74, 6) is 0.501. The molecule has 0 saturated heterocycles. The summed E-state index contributed by atoms with van der Waals surface area (Å²) in [5.41, 5.74) is 0.626. The van der Waals surface area contributed by atoms with E-state index in [2.05, 4.69) is 45.7 Å². The van der Waals surface area contributed by atoms with Crippen molar-refractivity contribution in [3.05, 3.63) is 42.7 Å². The zero-order valence-corrected chi connectivity index (χ0v) is 18.7. The van der Waals surface area contributed by atoms with Crippen molar-refractivity contribution >= 4 is 24.2 Å². The average molecular weight is 433 g/mol. The normalized spacial score (nSPS) is 19.6. The van der Waals surface area contributed by atoms with Gasteiger partial charge in [-0.1, -0.05) is 19.6 Å². The van der Waals surface area contributed by atoms with Crippen LogP contribution in [-0.4, -0.2) is 42.0 Å². The molecule has 0 radical (unpaired) electrons. The molecule has 31 heavy (non-hydrogen) atoms. The average Bonchev–Trinajstić information content (AvgIpc) is 2.70. The third-order valence-corrected chi connectivity index (χ3v) is 5.15. The van der Waals surface area contributed by atoms with Crippen molar-refractivity contribution in [1.82, 2.24) is 15.3 Å². The van der Waals surface area contributed by atoms with E-state index in [1.165, 1.54) is 6.08 Å². The highest BCUT2D eigenvalue weighted by Gasteiger charge is 2.27. The van der Waals surface area contributed by atoms with Gasteiger partial charge in [0, 0.05) is 24.7 Å². The fourth-order valence-electron chi connectivity index (χ4n) is 3.59. The molecule has 0 aliphatic heterocycles. The Morgan fingerprint density at radius 2 is 2.03 bits per heavy atom. The largest absolute Gasteiger partial charge is 0.352 e. The van der Waals surface area contributed by atoms with Crippen LogP contribution in [0.25, 0.3) is 0 Å². The van der Waals surface area contributed by atoms with E-state index in [1.807, 2.05) is 13.8 Å². The zero-order chi connectivity index (χ0) is 22.8. The molecule has 1 aromatic rings. The number of anilines is 2. The number of hydrogen-bond donors (Lipinski definition) is 2. The molecule has 0 bridgehead atoms. The molecule has 1 aliphatic rings. The van der Waals surface area contributed by atoms with E-state index in [0.29, 0.717) is 30.9 Å². The molecule has 8 heteroatoms. The number of halogens is 2. The lowest BCUT2D eigenvalue weighted by Crippen LogP contribution is -2.44. The van der Waals surface area contributed by atoms with Gasteiger partial charge in [0.15, 0.2) is 5.82 Å². The van der Waals surface area contributed by atoms with E-state index in [0.717, 1.165) is 43.5 Å². The Kier molecular flexibility index (Phi) is 9.78. The molecule has 0 spiro atoms. The van der Waals surface area contributed by atoms with Gasteiger partial charge in [0.05, 0.1) is 12.9 Å². The first-order valence-corrected chi connectivity index (χ1v) is 10.8. The van der Waals surface area contributed by atoms with Crippen molar-refractivity contribution in [1.29, 1.82) is 0 Å². The van der Waals surface area contributed by atoms with Gasteiger partial charge in [-0.15, -0.1) is 0 Å². The topological polar surface area (TPSA) is 65.4 Å². The fourth-order valence-corrected chi connectivity index (χ4v) is 3.59. The fraction of sp³-hybridized carbons (Fsp3) is 0.522. The summed E-state index contributed by atoms with van der Waals surface area (Å²) in [6.07, 6.45) is 9.68. The summed E-state index contributed by atoms with van der Waals surface area (Å²) >= 11 is 0. The molecule has 0 unspecified atom stereocenters. The molecule has 2 N–H and O–H groups in total. The number of nitrogens with zero attached hydrogens (tertiary/aromatic N) is 4. The molecule has 1 aliphatic carbocycles. The van der Waals surface area contributed by atoms with E-state index >= 15 is 0 Å². The predicted molar refractivity (Wildman–Crippen MR) is 125 cm³/mol. The number of allylic oxidation sites excluding steroid dienone is 4. The number of aromatic nitrogens is 2. The van der Waals surface area contributed by atoms with Gasteiger partial charge in [0.2, 0.25) is 5.95 Å². The molecule has 0 aromatic carbocycles. The minimum absolute atomic E-state index is 0.200. The smallest absolute Gasteiger partial charge is 0.224 e. The number of aliphatic imine (C=N–C) groups is 1. The van der Waals surface area contributed by atoms with Crippen LogP contribution in [0, 0.1) is 5.92 Å². The van der Waals surface area contributed by atoms with Gasteiger partial charge in [0.25, 0.3) is 0 Å². The minimum atomic E-state index is -0.813. The summed E-state index contributed by atoms with van der Waals surface area (Å²) in [7, 11) is 0. The lowest BCUT2D eigenvalue weighted by Gasteiger charge is -2.37. The molecule has 2 rings (SSSR count). The maximum absolute atomic E-state index is 13.5. The molecular weight excluding hydrogens is 398 g/mol. The molecule has 170 valence electrons. The molecular formula is C23H34F2N6. The molecule has 0 amide bonds.